The summed E-state index contributed by atoms with van der Waals surface area (Å²) in [6.45, 7) is 2.00. The number of aromatic carboxylic acids is 1. The third-order valence-electron chi connectivity index (χ3n) is 1.70. The standard InChI is InChI=1S/C9H12O4S/c1-2-3-6-14(12)8-5-4-7(13-8)9(10)11/h4-5H,2-3,6H2,1H3,(H,10,11). The molecule has 5 heteroatoms. The van der Waals surface area contributed by atoms with Gasteiger partial charge in [-0.3, -0.25) is 4.21 Å². The van der Waals surface area contributed by atoms with Crippen LogP contribution in [0.25, 0.3) is 0 Å². The summed E-state index contributed by atoms with van der Waals surface area (Å²) >= 11 is 0. The van der Waals surface area contributed by atoms with Gasteiger partial charge in [0.2, 0.25) is 5.76 Å². The van der Waals surface area contributed by atoms with Crippen LogP contribution in [-0.4, -0.2) is 21.0 Å². The van der Waals surface area contributed by atoms with Gasteiger partial charge in [0.05, 0.1) is 10.8 Å². The number of furan rings is 1. The van der Waals surface area contributed by atoms with Crippen molar-refractivity contribution in [2.45, 2.75) is 24.9 Å². The zero-order valence-electron chi connectivity index (χ0n) is 7.86. The molecule has 0 saturated heterocycles. The fraction of sp³-hybridized carbons (Fsp3) is 0.444. The van der Waals surface area contributed by atoms with Gasteiger partial charge in [-0.05, 0) is 18.6 Å². The topological polar surface area (TPSA) is 67.5 Å². The first kappa shape index (κ1) is 11.0. The first-order chi connectivity index (χ1) is 6.65. The third kappa shape index (κ3) is 2.70. The van der Waals surface area contributed by atoms with Gasteiger partial charge >= 0.3 is 5.97 Å². The van der Waals surface area contributed by atoms with Gasteiger partial charge in [-0.2, -0.15) is 0 Å². The van der Waals surface area contributed by atoms with Crippen molar-refractivity contribution in [3.8, 4) is 0 Å². The molecule has 14 heavy (non-hydrogen) atoms. The van der Waals surface area contributed by atoms with Gasteiger partial charge in [-0.15, -0.1) is 0 Å². The van der Waals surface area contributed by atoms with E-state index in [4.69, 9.17) is 9.52 Å². The summed E-state index contributed by atoms with van der Waals surface area (Å²) in [6.07, 6.45) is 1.80. The number of carbonyl (C=O) groups is 1. The predicted octanol–water partition coefficient (Wildman–Crippen LogP) is 1.89. The molecule has 0 aliphatic heterocycles. The summed E-state index contributed by atoms with van der Waals surface area (Å²) in [7, 11) is -1.21. The van der Waals surface area contributed by atoms with Crippen LogP contribution in [0.15, 0.2) is 21.6 Å². The van der Waals surface area contributed by atoms with Gasteiger partial charge in [0.15, 0.2) is 5.09 Å². The van der Waals surface area contributed by atoms with Crippen molar-refractivity contribution in [3.63, 3.8) is 0 Å². The van der Waals surface area contributed by atoms with E-state index in [1.807, 2.05) is 6.92 Å². The minimum atomic E-state index is -1.21. The van der Waals surface area contributed by atoms with Crippen LogP contribution in [0.3, 0.4) is 0 Å². The molecule has 1 unspecified atom stereocenters. The SMILES string of the molecule is CCCCS(=O)c1ccc(C(=O)O)o1. The molecule has 78 valence electrons. The van der Waals surface area contributed by atoms with Crippen LogP contribution in [-0.2, 0) is 10.8 Å². The molecule has 1 aromatic rings. The molecule has 1 aromatic heterocycles. The van der Waals surface area contributed by atoms with Crippen molar-refractivity contribution >= 4 is 16.8 Å². The van der Waals surface area contributed by atoms with E-state index in [0.29, 0.717) is 5.75 Å². The minimum Gasteiger partial charge on any atom is -0.475 e. The van der Waals surface area contributed by atoms with Gasteiger partial charge in [0.1, 0.15) is 0 Å². The lowest BCUT2D eigenvalue weighted by atomic mass is 10.4. The summed E-state index contributed by atoms with van der Waals surface area (Å²) in [5.41, 5.74) is 0. The summed E-state index contributed by atoms with van der Waals surface area (Å²) in [5.74, 6) is -0.781. The lowest BCUT2D eigenvalue weighted by Gasteiger charge is -1.95. The fourth-order valence-electron chi connectivity index (χ4n) is 0.933. The largest absolute Gasteiger partial charge is 0.475 e. The average molecular weight is 216 g/mol. The van der Waals surface area contributed by atoms with Crippen molar-refractivity contribution in [3.05, 3.63) is 17.9 Å². The molecule has 0 saturated carbocycles. The summed E-state index contributed by atoms with van der Waals surface area (Å²) < 4.78 is 16.4. The number of hydrogen-bond donors (Lipinski definition) is 1. The predicted molar refractivity (Wildman–Crippen MR) is 51.9 cm³/mol. The van der Waals surface area contributed by atoms with Crippen molar-refractivity contribution in [1.82, 2.24) is 0 Å². The Labute approximate surface area is 84.4 Å². The quantitative estimate of drug-likeness (QED) is 0.816. The fourth-order valence-corrected chi connectivity index (χ4v) is 2.09. The average Bonchev–Trinajstić information content (AvgIpc) is 2.62. The molecule has 0 fully saturated rings. The lowest BCUT2D eigenvalue weighted by Crippen LogP contribution is -1.96. The molecule has 1 atom stereocenters. The van der Waals surface area contributed by atoms with Crippen LogP contribution in [0.4, 0.5) is 0 Å². The van der Waals surface area contributed by atoms with Gasteiger partial charge in [-0.25, -0.2) is 4.79 Å². The Morgan fingerprint density at radius 3 is 2.79 bits per heavy atom. The molecular weight excluding hydrogens is 204 g/mol. The van der Waals surface area contributed by atoms with Gasteiger partial charge < -0.3 is 9.52 Å². The molecule has 0 amide bonds. The zero-order chi connectivity index (χ0) is 10.6. The number of carboxylic acids is 1. The van der Waals surface area contributed by atoms with Crippen LogP contribution in [0.1, 0.15) is 30.3 Å². The first-order valence-corrected chi connectivity index (χ1v) is 5.68. The summed E-state index contributed by atoms with van der Waals surface area (Å²) in [5, 5.41) is 8.81. The van der Waals surface area contributed by atoms with Crippen LogP contribution in [0, 0.1) is 0 Å². The highest BCUT2D eigenvalue weighted by Crippen LogP contribution is 2.13. The van der Waals surface area contributed by atoms with Crippen LogP contribution in [0.2, 0.25) is 0 Å². The van der Waals surface area contributed by atoms with Crippen LogP contribution < -0.4 is 0 Å². The molecule has 1 rings (SSSR count). The third-order valence-corrected chi connectivity index (χ3v) is 3.03. The lowest BCUT2D eigenvalue weighted by molar-refractivity contribution is 0.0656. The van der Waals surface area contributed by atoms with E-state index in [1.165, 1.54) is 12.1 Å². The van der Waals surface area contributed by atoms with Crippen molar-refractivity contribution in [1.29, 1.82) is 0 Å². The second-order valence-electron chi connectivity index (χ2n) is 2.83. The van der Waals surface area contributed by atoms with E-state index < -0.39 is 16.8 Å². The van der Waals surface area contributed by atoms with E-state index in [-0.39, 0.29) is 10.9 Å². The van der Waals surface area contributed by atoms with E-state index in [2.05, 4.69) is 0 Å². The Bertz CT molecular complexity index is 342. The van der Waals surface area contributed by atoms with E-state index in [0.717, 1.165) is 12.8 Å². The molecule has 1 N–H and O–H groups in total. The minimum absolute atomic E-state index is 0.162. The Balaban J connectivity index is 2.66. The number of unbranched alkanes of at least 4 members (excludes halogenated alkanes) is 1. The number of carboxylic acid groups (broad SMARTS) is 1. The van der Waals surface area contributed by atoms with Gasteiger partial charge in [-0.1, -0.05) is 13.3 Å². The molecule has 1 heterocycles. The van der Waals surface area contributed by atoms with Crippen molar-refractivity contribution < 1.29 is 18.5 Å². The van der Waals surface area contributed by atoms with Gasteiger partial charge in [0.25, 0.3) is 0 Å². The molecule has 4 nitrogen and oxygen atoms in total. The molecule has 0 spiro atoms. The van der Waals surface area contributed by atoms with Crippen molar-refractivity contribution in [2.24, 2.45) is 0 Å². The van der Waals surface area contributed by atoms with E-state index >= 15 is 0 Å². The van der Waals surface area contributed by atoms with Crippen LogP contribution >= 0.6 is 0 Å². The smallest absolute Gasteiger partial charge is 0.371 e. The Morgan fingerprint density at radius 1 is 1.57 bits per heavy atom. The van der Waals surface area contributed by atoms with Crippen LogP contribution in [0.5, 0.6) is 0 Å². The van der Waals surface area contributed by atoms with E-state index in [1.54, 1.807) is 0 Å². The maximum Gasteiger partial charge on any atom is 0.371 e. The second-order valence-corrected chi connectivity index (χ2v) is 4.33. The highest BCUT2D eigenvalue weighted by molar-refractivity contribution is 7.84. The Kier molecular flexibility index (Phi) is 3.88. The molecule has 0 aliphatic rings. The second kappa shape index (κ2) is 4.95. The molecule has 0 bridgehead atoms. The highest BCUT2D eigenvalue weighted by atomic mass is 32.2. The number of rotatable bonds is 5. The molecule has 0 radical (unpaired) electrons. The molecule has 0 aliphatic carbocycles. The molecule has 0 aromatic carbocycles. The normalized spacial score (nSPS) is 12.6. The highest BCUT2D eigenvalue weighted by Gasteiger charge is 2.12. The first-order valence-electron chi connectivity index (χ1n) is 4.36. The maximum atomic E-state index is 11.5. The molecular formula is C9H12O4S. The Hall–Kier alpha value is -1.10. The van der Waals surface area contributed by atoms with Gasteiger partial charge in [0, 0.05) is 5.75 Å². The summed E-state index contributed by atoms with van der Waals surface area (Å²) in [6, 6.07) is 2.77. The monoisotopic (exact) mass is 216 g/mol. The number of hydrogen-bond acceptors (Lipinski definition) is 3. The van der Waals surface area contributed by atoms with Crippen molar-refractivity contribution in [2.75, 3.05) is 5.75 Å². The summed E-state index contributed by atoms with van der Waals surface area (Å²) in [4.78, 5) is 10.5. The zero-order valence-corrected chi connectivity index (χ0v) is 8.67. The Morgan fingerprint density at radius 2 is 2.29 bits per heavy atom. The van der Waals surface area contributed by atoms with E-state index in [9.17, 15) is 9.00 Å². The maximum absolute atomic E-state index is 11.5.